The van der Waals surface area contributed by atoms with Crippen molar-refractivity contribution in [1.82, 2.24) is 5.43 Å². The summed E-state index contributed by atoms with van der Waals surface area (Å²) < 4.78 is 0. The lowest BCUT2D eigenvalue weighted by molar-refractivity contribution is -0.127. The fourth-order valence-corrected chi connectivity index (χ4v) is 5.60. The second-order valence-corrected chi connectivity index (χ2v) is 7.84. The summed E-state index contributed by atoms with van der Waals surface area (Å²) in [5.74, 6) is 1.73. The molecule has 4 nitrogen and oxygen atoms in total. The van der Waals surface area contributed by atoms with Gasteiger partial charge in [-0.2, -0.15) is 5.10 Å². The number of hydrazone groups is 1. The predicted octanol–water partition coefficient (Wildman–Crippen LogP) is 2.94. The first-order chi connectivity index (χ1) is 10.6. The molecule has 0 saturated heterocycles. The Morgan fingerprint density at radius 2 is 2.18 bits per heavy atom. The first-order valence-electron chi connectivity index (χ1n) is 8.93. The van der Waals surface area contributed by atoms with Gasteiger partial charge in [0.1, 0.15) is 0 Å². The Kier molecular flexibility index (Phi) is 4.74. The molecular weight excluding hydrogens is 294 g/mol. The van der Waals surface area contributed by atoms with Crippen LogP contribution in [0.25, 0.3) is 0 Å². The van der Waals surface area contributed by atoms with E-state index in [0.717, 1.165) is 25.0 Å². The van der Waals surface area contributed by atoms with Crippen LogP contribution < -0.4 is 11.2 Å². The molecule has 5 atom stereocenters. The number of aliphatic hydroxyl groups is 1. The highest BCUT2D eigenvalue weighted by Gasteiger charge is 2.58. The molecule has 3 saturated carbocycles. The molecule has 2 bridgehead atoms. The van der Waals surface area contributed by atoms with Crippen LogP contribution in [0, 0.1) is 23.7 Å². The van der Waals surface area contributed by atoms with Crippen molar-refractivity contribution in [2.75, 3.05) is 0 Å². The number of hydrogen-bond donors (Lipinski definition) is 3. The molecule has 3 rings (SSSR count). The monoisotopic (exact) mass is 323 g/mol. The minimum absolute atomic E-state index is 0.200. The van der Waals surface area contributed by atoms with E-state index in [2.05, 4.69) is 17.5 Å². The van der Waals surface area contributed by atoms with Crippen LogP contribution in [0.15, 0.2) is 5.10 Å². The van der Waals surface area contributed by atoms with E-state index in [4.69, 9.17) is 18.0 Å². The van der Waals surface area contributed by atoms with Crippen molar-refractivity contribution in [3.05, 3.63) is 0 Å². The lowest BCUT2D eigenvalue weighted by atomic mass is 9.50. The van der Waals surface area contributed by atoms with Gasteiger partial charge in [0.15, 0.2) is 5.11 Å². The highest BCUT2D eigenvalue weighted by atomic mass is 32.1. The zero-order valence-corrected chi connectivity index (χ0v) is 14.4. The number of thiocarbonyl (C=S) groups is 1. The minimum atomic E-state index is -0.550. The maximum absolute atomic E-state index is 11.6. The lowest BCUT2D eigenvalue weighted by Crippen LogP contribution is -2.62. The fraction of sp³-hybridized carbons (Fsp3) is 0.882. The summed E-state index contributed by atoms with van der Waals surface area (Å²) in [6.07, 6.45) is 10.4. The molecule has 3 unspecified atom stereocenters. The van der Waals surface area contributed by atoms with Crippen molar-refractivity contribution in [2.45, 2.75) is 70.3 Å². The van der Waals surface area contributed by atoms with Crippen LogP contribution in [0.2, 0.25) is 0 Å². The molecule has 0 radical (unpaired) electrons. The second kappa shape index (κ2) is 6.44. The quantitative estimate of drug-likeness (QED) is 0.552. The summed E-state index contributed by atoms with van der Waals surface area (Å²) in [7, 11) is 0. The Bertz CT molecular complexity index is 467. The highest BCUT2D eigenvalue weighted by Crippen LogP contribution is 2.56. The third kappa shape index (κ3) is 2.67. The largest absolute Gasteiger partial charge is 0.389 e. The Balaban J connectivity index is 1.98. The van der Waals surface area contributed by atoms with Gasteiger partial charge in [0.05, 0.1) is 5.60 Å². The third-order valence-electron chi connectivity index (χ3n) is 6.28. The van der Waals surface area contributed by atoms with Crippen LogP contribution in [-0.4, -0.2) is 21.5 Å². The molecule has 4 N–H and O–H groups in total. The normalized spacial score (nSPS) is 42.7. The Labute approximate surface area is 138 Å². The Morgan fingerprint density at radius 1 is 1.36 bits per heavy atom. The summed E-state index contributed by atoms with van der Waals surface area (Å²) in [4.78, 5) is 0. The molecule has 22 heavy (non-hydrogen) atoms. The third-order valence-corrected chi connectivity index (χ3v) is 6.37. The summed E-state index contributed by atoms with van der Waals surface area (Å²) >= 11 is 4.92. The van der Waals surface area contributed by atoms with Crippen molar-refractivity contribution in [3.63, 3.8) is 0 Å². The summed E-state index contributed by atoms with van der Waals surface area (Å²) in [5, 5.41) is 16.4. The van der Waals surface area contributed by atoms with E-state index >= 15 is 0 Å². The standard InChI is InChI=1S/C17H29N3OS/c1-2-6-11-12-7-5-9-14(15(12)19-20-16(18)22)17(21)10-4-3-8-13(11)17/h11-14,21H,2-10H2,1H3,(H3,18,20,22)/t11?,12-,13?,14-,17?/m0/s1. The van der Waals surface area contributed by atoms with Crippen molar-refractivity contribution in [3.8, 4) is 0 Å². The number of nitrogens with zero attached hydrogens (tertiary/aromatic N) is 1. The van der Waals surface area contributed by atoms with Gasteiger partial charge in [-0.1, -0.05) is 32.6 Å². The van der Waals surface area contributed by atoms with Gasteiger partial charge in [0.25, 0.3) is 0 Å². The predicted molar refractivity (Wildman–Crippen MR) is 93.5 cm³/mol. The molecule has 3 fully saturated rings. The molecule has 0 aromatic rings. The van der Waals surface area contributed by atoms with Crippen LogP contribution in [0.3, 0.4) is 0 Å². The first kappa shape index (κ1) is 16.2. The van der Waals surface area contributed by atoms with Gasteiger partial charge in [0, 0.05) is 17.5 Å². The minimum Gasteiger partial charge on any atom is -0.389 e. The number of fused-ring (bicyclic) bond motifs is 4. The first-order valence-corrected chi connectivity index (χ1v) is 9.34. The molecule has 0 amide bonds. The van der Waals surface area contributed by atoms with Crippen molar-refractivity contribution in [1.29, 1.82) is 0 Å². The molecule has 0 aliphatic heterocycles. The van der Waals surface area contributed by atoms with Crippen molar-refractivity contribution >= 4 is 23.0 Å². The molecular formula is C17H29N3OS. The molecule has 0 spiro atoms. The van der Waals surface area contributed by atoms with E-state index in [1.807, 2.05) is 0 Å². The number of nitrogens with two attached hydrogens (primary N) is 1. The second-order valence-electron chi connectivity index (χ2n) is 7.40. The maximum atomic E-state index is 11.6. The van der Waals surface area contributed by atoms with Gasteiger partial charge in [-0.05, 0) is 56.2 Å². The van der Waals surface area contributed by atoms with E-state index < -0.39 is 5.60 Å². The molecule has 0 heterocycles. The maximum Gasteiger partial charge on any atom is 0.184 e. The summed E-state index contributed by atoms with van der Waals surface area (Å²) in [5.41, 5.74) is 8.98. The van der Waals surface area contributed by atoms with Crippen molar-refractivity contribution in [2.24, 2.45) is 34.5 Å². The average Bonchev–Trinajstić information content (AvgIpc) is 2.50. The van der Waals surface area contributed by atoms with E-state index in [-0.39, 0.29) is 11.0 Å². The Morgan fingerprint density at radius 3 is 2.91 bits per heavy atom. The van der Waals surface area contributed by atoms with E-state index in [9.17, 15) is 5.11 Å². The number of rotatable bonds is 3. The van der Waals surface area contributed by atoms with E-state index in [1.54, 1.807) is 0 Å². The zero-order chi connectivity index (χ0) is 15.7. The van der Waals surface area contributed by atoms with Gasteiger partial charge in [-0.25, -0.2) is 0 Å². The van der Waals surface area contributed by atoms with E-state index in [1.165, 1.54) is 38.5 Å². The topological polar surface area (TPSA) is 70.6 Å². The lowest BCUT2D eigenvalue weighted by Gasteiger charge is -2.57. The van der Waals surface area contributed by atoms with E-state index in [0.29, 0.717) is 17.8 Å². The molecule has 3 aliphatic carbocycles. The van der Waals surface area contributed by atoms with Crippen LogP contribution >= 0.6 is 12.2 Å². The summed E-state index contributed by atoms with van der Waals surface area (Å²) in [6, 6.07) is 0. The van der Waals surface area contributed by atoms with Gasteiger partial charge in [-0.15, -0.1) is 0 Å². The van der Waals surface area contributed by atoms with Gasteiger partial charge >= 0.3 is 0 Å². The van der Waals surface area contributed by atoms with Crippen molar-refractivity contribution < 1.29 is 5.11 Å². The van der Waals surface area contributed by atoms with Crippen LogP contribution in [0.1, 0.15) is 64.7 Å². The smallest absolute Gasteiger partial charge is 0.184 e. The van der Waals surface area contributed by atoms with Crippen LogP contribution in [-0.2, 0) is 0 Å². The SMILES string of the molecule is CCCC1C2CCCCC2(O)[C@H]2CCC[C@@H]1C2=NNC(N)=S. The van der Waals surface area contributed by atoms with Gasteiger partial charge in [-0.3, -0.25) is 5.43 Å². The molecule has 5 heteroatoms. The summed E-state index contributed by atoms with van der Waals surface area (Å²) in [6.45, 7) is 2.25. The van der Waals surface area contributed by atoms with Crippen LogP contribution in [0.4, 0.5) is 0 Å². The average molecular weight is 324 g/mol. The molecule has 0 aromatic heterocycles. The number of hydrogen-bond acceptors (Lipinski definition) is 3. The highest BCUT2D eigenvalue weighted by molar-refractivity contribution is 7.80. The Hall–Kier alpha value is -0.680. The molecule has 0 aromatic carbocycles. The van der Waals surface area contributed by atoms with Crippen LogP contribution in [0.5, 0.6) is 0 Å². The zero-order valence-electron chi connectivity index (χ0n) is 13.6. The molecule has 3 aliphatic rings. The van der Waals surface area contributed by atoms with Gasteiger partial charge < -0.3 is 10.8 Å². The number of nitrogens with one attached hydrogen (secondary N) is 1. The molecule has 124 valence electrons. The fourth-order valence-electron chi connectivity index (χ4n) is 5.56. The van der Waals surface area contributed by atoms with Gasteiger partial charge in [0.2, 0.25) is 0 Å².